The van der Waals surface area contributed by atoms with E-state index in [0.29, 0.717) is 0 Å². The fourth-order valence-electron chi connectivity index (χ4n) is 2.21. The Labute approximate surface area is 116 Å². The van der Waals surface area contributed by atoms with Crippen molar-refractivity contribution in [3.05, 3.63) is 55.7 Å². The third-order valence-electron chi connectivity index (χ3n) is 2.87. The number of thiophene rings is 1. The highest BCUT2D eigenvalue weighted by molar-refractivity contribution is 7.11. The van der Waals surface area contributed by atoms with Gasteiger partial charge in [-0.2, -0.15) is 0 Å². The molecule has 1 heterocycles. The number of benzene rings is 1. The van der Waals surface area contributed by atoms with Gasteiger partial charge in [0.1, 0.15) is 0 Å². The number of rotatable bonds is 2. The third kappa shape index (κ3) is 2.52. The van der Waals surface area contributed by atoms with Gasteiger partial charge in [-0.15, -0.1) is 22.9 Å². The van der Waals surface area contributed by atoms with Gasteiger partial charge in [-0.25, -0.2) is 0 Å². The fourth-order valence-corrected chi connectivity index (χ4v) is 4.03. The maximum atomic E-state index is 6.57. The molecule has 1 aromatic heterocycles. The van der Waals surface area contributed by atoms with Crippen LogP contribution in [0.4, 0.5) is 0 Å². The van der Waals surface area contributed by atoms with Crippen molar-refractivity contribution in [2.45, 2.75) is 26.1 Å². The van der Waals surface area contributed by atoms with Gasteiger partial charge in [0, 0.05) is 4.88 Å². The van der Waals surface area contributed by atoms with E-state index in [9.17, 15) is 0 Å². The lowest BCUT2D eigenvalue weighted by Gasteiger charge is -2.16. The summed E-state index contributed by atoms with van der Waals surface area (Å²) in [5, 5.41) is 2.59. The second kappa shape index (κ2) is 5.01. The molecule has 0 aliphatic heterocycles. The number of hydrogen-bond acceptors (Lipinski definition) is 1. The van der Waals surface area contributed by atoms with Gasteiger partial charge in [-0.3, -0.25) is 0 Å². The van der Waals surface area contributed by atoms with E-state index in [2.05, 4.69) is 32.9 Å². The molecule has 17 heavy (non-hydrogen) atoms. The molecule has 2 rings (SSSR count). The smallest absolute Gasteiger partial charge is 0.0947 e. The van der Waals surface area contributed by atoms with Crippen molar-refractivity contribution < 1.29 is 0 Å². The summed E-state index contributed by atoms with van der Waals surface area (Å²) in [7, 11) is 0. The highest BCUT2D eigenvalue weighted by Gasteiger charge is 2.19. The number of alkyl halides is 1. The molecule has 1 aromatic carbocycles. The first-order valence-corrected chi connectivity index (χ1v) is 7.15. The molecular weight excluding hydrogens is 271 g/mol. The minimum absolute atomic E-state index is 0.150. The largest absolute Gasteiger partial charge is 0.145 e. The van der Waals surface area contributed by atoms with Crippen LogP contribution in [-0.4, -0.2) is 0 Å². The minimum atomic E-state index is -0.150. The van der Waals surface area contributed by atoms with Crippen molar-refractivity contribution in [2.75, 3.05) is 0 Å². The number of halogens is 2. The molecule has 0 bridgehead atoms. The highest BCUT2D eigenvalue weighted by Crippen LogP contribution is 2.40. The molecule has 0 fully saturated rings. The first-order chi connectivity index (χ1) is 8.00. The Morgan fingerprint density at radius 2 is 1.71 bits per heavy atom. The molecule has 1 atom stereocenters. The molecule has 0 aliphatic carbocycles. The van der Waals surface area contributed by atoms with E-state index in [4.69, 9.17) is 23.2 Å². The van der Waals surface area contributed by atoms with Crippen LogP contribution in [0.2, 0.25) is 5.02 Å². The normalized spacial score (nSPS) is 12.8. The maximum absolute atomic E-state index is 6.57. The standard InChI is InChI=1S/C14H14Cl2S/c1-8-6-9(2)12(10(3)7-8)13(16)14-11(15)4-5-17-14/h4-7,13H,1-3H3. The van der Waals surface area contributed by atoms with Crippen LogP contribution in [0.15, 0.2) is 23.6 Å². The van der Waals surface area contributed by atoms with Crippen molar-refractivity contribution in [3.8, 4) is 0 Å². The summed E-state index contributed by atoms with van der Waals surface area (Å²) in [4.78, 5) is 1.03. The molecule has 0 N–H and O–H groups in total. The van der Waals surface area contributed by atoms with Crippen LogP contribution >= 0.6 is 34.5 Å². The Hall–Kier alpha value is -0.500. The van der Waals surface area contributed by atoms with Gasteiger partial charge in [-0.1, -0.05) is 29.3 Å². The molecule has 0 nitrogen and oxygen atoms in total. The maximum Gasteiger partial charge on any atom is 0.0947 e. The molecule has 0 radical (unpaired) electrons. The summed E-state index contributed by atoms with van der Waals surface area (Å²) in [6, 6.07) is 6.23. The lowest BCUT2D eigenvalue weighted by Crippen LogP contribution is -1.99. The average molecular weight is 285 g/mol. The van der Waals surface area contributed by atoms with Gasteiger partial charge in [0.05, 0.1) is 10.4 Å². The molecule has 1 unspecified atom stereocenters. The summed E-state index contributed by atoms with van der Waals surface area (Å²) < 4.78 is 0. The highest BCUT2D eigenvalue weighted by atomic mass is 35.5. The zero-order valence-electron chi connectivity index (χ0n) is 10.1. The zero-order valence-corrected chi connectivity index (χ0v) is 12.4. The fraction of sp³-hybridized carbons (Fsp3) is 0.286. The van der Waals surface area contributed by atoms with Crippen molar-refractivity contribution >= 4 is 34.5 Å². The van der Waals surface area contributed by atoms with Crippen molar-refractivity contribution in [1.29, 1.82) is 0 Å². The van der Waals surface area contributed by atoms with Crippen LogP contribution in [0.1, 0.15) is 32.5 Å². The van der Waals surface area contributed by atoms with Gasteiger partial charge in [0.2, 0.25) is 0 Å². The van der Waals surface area contributed by atoms with Crippen LogP contribution in [0.3, 0.4) is 0 Å². The Morgan fingerprint density at radius 3 is 2.18 bits per heavy atom. The molecule has 0 spiro atoms. The molecule has 0 saturated heterocycles. The molecule has 0 aliphatic rings. The van der Waals surface area contributed by atoms with Gasteiger partial charge in [0.15, 0.2) is 0 Å². The summed E-state index contributed by atoms with van der Waals surface area (Å²) in [5.41, 5.74) is 4.91. The monoisotopic (exact) mass is 284 g/mol. The van der Waals surface area contributed by atoms with E-state index < -0.39 is 0 Å². The molecule has 0 amide bonds. The average Bonchev–Trinajstić information content (AvgIpc) is 2.62. The third-order valence-corrected chi connectivity index (χ3v) is 4.86. The van der Waals surface area contributed by atoms with Crippen LogP contribution in [-0.2, 0) is 0 Å². The summed E-state index contributed by atoms with van der Waals surface area (Å²) in [5.74, 6) is 0. The predicted octanol–water partition coefficient (Wildman–Crippen LogP) is 5.65. The van der Waals surface area contributed by atoms with E-state index in [-0.39, 0.29) is 5.38 Å². The van der Waals surface area contributed by atoms with Crippen LogP contribution in [0.25, 0.3) is 0 Å². The second-order valence-corrected chi connectivity index (χ2v) is 6.10. The Morgan fingerprint density at radius 1 is 1.12 bits per heavy atom. The van der Waals surface area contributed by atoms with Crippen molar-refractivity contribution in [2.24, 2.45) is 0 Å². The minimum Gasteiger partial charge on any atom is -0.145 e. The van der Waals surface area contributed by atoms with Crippen LogP contribution in [0.5, 0.6) is 0 Å². The van der Waals surface area contributed by atoms with E-state index in [1.807, 2.05) is 11.4 Å². The first kappa shape index (κ1) is 12.9. The van der Waals surface area contributed by atoms with Crippen molar-refractivity contribution in [3.63, 3.8) is 0 Å². The summed E-state index contributed by atoms with van der Waals surface area (Å²) in [6.45, 7) is 6.31. The number of aryl methyl sites for hydroxylation is 3. The predicted molar refractivity (Wildman–Crippen MR) is 77.7 cm³/mol. The molecular formula is C14H14Cl2S. The quantitative estimate of drug-likeness (QED) is 0.625. The number of hydrogen-bond donors (Lipinski definition) is 0. The molecule has 90 valence electrons. The Kier molecular flexibility index (Phi) is 3.82. The van der Waals surface area contributed by atoms with E-state index in [0.717, 1.165) is 9.90 Å². The van der Waals surface area contributed by atoms with Crippen LogP contribution < -0.4 is 0 Å². The molecule has 3 heteroatoms. The summed E-state index contributed by atoms with van der Waals surface area (Å²) >= 11 is 14.3. The lowest BCUT2D eigenvalue weighted by molar-refractivity contribution is 1.10. The van der Waals surface area contributed by atoms with Gasteiger partial charge < -0.3 is 0 Å². The molecule has 0 saturated carbocycles. The molecule has 2 aromatic rings. The topological polar surface area (TPSA) is 0 Å². The van der Waals surface area contributed by atoms with E-state index in [1.54, 1.807) is 11.3 Å². The summed E-state index contributed by atoms with van der Waals surface area (Å²) in [6.07, 6.45) is 0. The van der Waals surface area contributed by atoms with Crippen LogP contribution in [0, 0.1) is 20.8 Å². The first-order valence-electron chi connectivity index (χ1n) is 5.45. The van der Waals surface area contributed by atoms with E-state index >= 15 is 0 Å². The zero-order chi connectivity index (χ0) is 12.6. The van der Waals surface area contributed by atoms with Crippen molar-refractivity contribution in [1.82, 2.24) is 0 Å². The van der Waals surface area contributed by atoms with Gasteiger partial charge >= 0.3 is 0 Å². The van der Waals surface area contributed by atoms with E-state index in [1.165, 1.54) is 22.3 Å². The second-order valence-electron chi connectivity index (χ2n) is 4.31. The Balaban J connectivity index is 2.51. The lowest BCUT2D eigenvalue weighted by atomic mass is 9.96. The van der Waals surface area contributed by atoms with Gasteiger partial charge in [-0.05, 0) is 48.9 Å². The van der Waals surface area contributed by atoms with Gasteiger partial charge in [0.25, 0.3) is 0 Å². The Bertz CT molecular complexity index is 520. The SMILES string of the molecule is Cc1cc(C)c(C(Cl)c2sccc2Cl)c(C)c1.